The zero-order chi connectivity index (χ0) is 11.4. The van der Waals surface area contributed by atoms with Gasteiger partial charge in [-0.25, -0.2) is 0 Å². The monoisotopic (exact) mass is 266 g/mol. The summed E-state index contributed by atoms with van der Waals surface area (Å²) in [6, 6.07) is 3.57. The van der Waals surface area contributed by atoms with Gasteiger partial charge in [0.25, 0.3) is 0 Å². The Hall–Kier alpha value is -0.390. The van der Waals surface area contributed by atoms with Crippen molar-refractivity contribution in [1.82, 2.24) is 0 Å². The SMILES string of the molecule is CC(CS(=O)Cc1ccc(Cl)s1)C(=O)O. The highest BCUT2D eigenvalue weighted by Gasteiger charge is 2.15. The van der Waals surface area contributed by atoms with Crippen LogP contribution in [-0.2, 0) is 21.3 Å². The van der Waals surface area contributed by atoms with Crippen molar-refractivity contribution in [2.24, 2.45) is 5.92 Å². The number of hydrogen-bond acceptors (Lipinski definition) is 3. The van der Waals surface area contributed by atoms with Crippen LogP contribution in [-0.4, -0.2) is 21.0 Å². The number of rotatable bonds is 5. The van der Waals surface area contributed by atoms with E-state index in [2.05, 4.69) is 0 Å². The average molecular weight is 267 g/mol. The van der Waals surface area contributed by atoms with Gasteiger partial charge >= 0.3 is 5.97 Å². The molecule has 0 saturated carbocycles. The fourth-order valence-electron chi connectivity index (χ4n) is 0.997. The van der Waals surface area contributed by atoms with Crippen LogP contribution < -0.4 is 0 Å². The molecule has 1 aromatic rings. The summed E-state index contributed by atoms with van der Waals surface area (Å²) < 4.78 is 12.2. The molecule has 0 spiro atoms. The summed E-state index contributed by atoms with van der Waals surface area (Å²) in [5.41, 5.74) is 0. The molecule has 0 aliphatic rings. The van der Waals surface area contributed by atoms with Gasteiger partial charge in [0, 0.05) is 21.4 Å². The van der Waals surface area contributed by atoms with Gasteiger partial charge in [0.15, 0.2) is 0 Å². The number of carbonyl (C=O) groups is 1. The average Bonchev–Trinajstić information content (AvgIpc) is 2.50. The van der Waals surface area contributed by atoms with Crippen molar-refractivity contribution < 1.29 is 14.1 Å². The quantitative estimate of drug-likeness (QED) is 0.890. The van der Waals surface area contributed by atoms with Crippen LogP contribution in [0, 0.1) is 5.92 Å². The predicted octanol–water partition coefficient (Wildman–Crippen LogP) is 2.37. The lowest BCUT2D eigenvalue weighted by Crippen LogP contribution is -2.17. The molecule has 0 aromatic carbocycles. The molecule has 0 amide bonds. The lowest BCUT2D eigenvalue weighted by molar-refractivity contribution is -0.140. The largest absolute Gasteiger partial charge is 0.481 e. The van der Waals surface area contributed by atoms with E-state index in [9.17, 15) is 9.00 Å². The highest BCUT2D eigenvalue weighted by Crippen LogP contribution is 2.22. The number of aliphatic carboxylic acids is 1. The molecule has 0 fully saturated rings. The first kappa shape index (κ1) is 12.7. The standard InChI is InChI=1S/C9H11ClO3S2/c1-6(9(11)12)4-15(13)5-7-2-3-8(10)14-7/h2-3,6H,4-5H2,1H3,(H,11,12). The predicted molar refractivity (Wildman–Crippen MR) is 62.8 cm³/mol. The summed E-state index contributed by atoms with van der Waals surface area (Å²) in [4.78, 5) is 11.5. The van der Waals surface area contributed by atoms with Crippen LogP contribution in [0.3, 0.4) is 0 Å². The molecule has 0 aliphatic carbocycles. The Labute approximate surface area is 99.5 Å². The van der Waals surface area contributed by atoms with Gasteiger partial charge in [0.2, 0.25) is 0 Å². The fraction of sp³-hybridized carbons (Fsp3) is 0.444. The fourth-order valence-corrected chi connectivity index (χ4v) is 3.74. The van der Waals surface area contributed by atoms with Crippen molar-refractivity contribution in [3.05, 3.63) is 21.3 Å². The maximum Gasteiger partial charge on any atom is 0.307 e. The van der Waals surface area contributed by atoms with Crippen LogP contribution >= 0.6 is 22.9 Å². The maximum atomic E-state index is 11.5. The topological polar surface area (TPSA) is 54.4 Å². The van der Waals surface area contributed by atoms with Crippen LogP contribution in [0.15, 0.2) is 12.1 Å². The van der Waals surface area contributed by atoms with Crippen LogP contribution in [0.1, 0.15) is 11.8 Å². The molecule has 1 N–H and O–H groups in total. The molecule has 1 aromatic heterocycles. The summed E-state index contributed by atoms with van der Waals surface area (Å²) in [5, 5.41) is 8.65. The van der Waals surface area contributed by atoms with Crippen molar-refractivity contribution in [1.29, 1.82) is 0 Å². The molecule has 1 rings (SSSR count). The Morgan fingerprint density at radius 1 is 1.67 bits per heavy atom. The minimum Gasteiger partial charge on any atom is -0.481 e. The van der Waals surface area contributed by atoms with Crippen LogP contribution in [0.25, 0.3) is 0 Å². The van der Waals surface area contributed by atoms with Gasteiger partial charge in [-0.2, -0.15) is 0 Å². The van der Waals surface area contributed by atoms with Crippen LogP contribution in [0.2, 0.25) is 4.34 Å². The highest BCUT2D eigenvalue weighted by molar-refractivity contribution is 7.84. The number of carboxylic acid groups (broad SMARTS) is 1. The van der Waals surface area contributed by atoms with Gasteiger partial charge < -0.3 is 5.11 Å². The van der Waals surface area contributed by atoms with Crippen LogP contribution in [0.4, 0.5) is 0 Å². The lowest BCUT2D eigenvalue weighted by atomic mass is 10.2. The van der Waals surface area contributed by atoms with E-state index in [4.69, 9.17) is 16.7 Å². The molecule has 84 valence electrons. The molecule has 0 radical (unpaired) electrons. The molecule has 0 aliphatic heterocycles. The Morgan fingerprint density at radius 2 is 2.33 bits per heavy atom. The van der Waals surface area contributed by atoms with E-state index >= 15 is 0 Å². The smallest absolute Gasteiger partial charge is 0.307 e. The van der Waals surface area contributed by atoms with Gasteiger partial charge in [0.05, 0.1) is 16.0 Å². The highest BCUT2D eigenvalue weighted by atomic mass is 35.5. The second-order valence-corrected chi connectivity index (χ2v) is 6.50. The summed E-state index contributed by atoms with van der Waals surface area (Å²) in [5.74, 6) is -0.909. The van der Waals surface area contributed by atoms with Crippen LogP contribution in [0.5, 0.6) is 0 Å². The van der Waals surface area contributed by atoms with E-state index in [-0.39, 0.29) is 5.75 Å². The van der Waals surface area contributed by atoms with Gasteiger partial charge in [0.1, 0.15) is 0 Å². The molecule has 0 bridgehead atoms. The third-order valence-electron chi connectivity index (χ3n) is 1.79. The minimum absolute atomic E-state index is 0.185. The molecule has 2 unspecified atom stereocenters. The van der Waals surface area contributed by atoms with E-state index < -0.39 is 22.7 Å². The van der Waals surface area contributed by atoms with Crippen molar-refractivity contribution >= 4 is 39.7 Å². The molecule has 3 nitrogen and oxygen atoms in total. The van der Waals surface area contributed by atoms with E-state index in [0.29, 0.717) is 10.1 Å². The van der Waals surface area contributed by atoms with Crippen molar-refractivity contribution in [3.8, 4) is 0 Å². The molecule has 0 saturated heterocycles. The third-order valence-corrected chi connectivity index (χ3v) is 4.71. The van der Waals surface area contributed by atoms with Gasteiger partial charge in [-0.15, -0.1) is 11.3 Å². The summed E-state index contributed by atoms with van der Waals surface area (Å²) in [6.45, 7) is 1.56. The minimum atomic E-state index is -1.14. The number of carboxylic acids is 1. The normalized spacial score (nSPS) is 14.8. The number of thiophene rings is 1. The van der Waals surface area contributed by atoms with Gasteiger partial charge in [-0.05, 0) is 12.1 Å². The molecule has 1 heterocycles. The zero-order valence-electron chi connectivity index (χ0n) is 8.10. The molecular weight excluding hydrogens is 256 g/mol. The molecule has 6 heteroatoms. The van der Waals surface area contributed by atoms with Gasteiger partial charge in [-0.3, -0.25) is 9.00 Å². The summed E-state index contributed by atoms with van der Waals surface area (Å²) in [6.07, 6.45) is 0. The molecular formula is C9H11ClO3S2. The first-order valence-corrected chi connectivity index (χ1v) is 6.99. The number of hydrogen-bond donors (Lipinski definition) is 1. The Morgan fingerprint density at radius 3 is 2.80 bits per heavy atom. The number of halogens is 1. The maximum absolute atomic E-state index is 11.5. The first-order valence-electron chi connectivity index (χ1n) is 4.31. The molecule has 2 atom stereocenters. The molecule has 15 heavy (non-hydrogen) atoms. The second-order valence-electron chi connectivity index (χ2n) is 3.20. The van der Waals surface area contributed by atoms with Crippen molar-refractivity contribution in [3.63, 3.8) is 0 Å². The third kappa shape index (κ3) is 4.32. The second kappa shape index (κ2) is 5.63. The van der Waals surface area contributed by atoms with E-state index in [1.807, 2.05) is 6.07 Å². The van der Waals surface area contributed by atoms with Crippen molar-refractivity contribution in [2.45, 2.75) is 12.7 Å². The zero-order valence-corrected chi connectivity index (χ0v) is 10.5. The summed E-state index contributed by atoms with van der Waals surface area (Å²) >= 11 is 7.10. The van der Waals surface area contributed by atoms with E-state index in [1.165, 1.54) is 11.3 Å². The van der Waals surface area contributed by atoms with Gasteiger partial charge in [-0.1, -0.05) is 18.5 Å². The van der Waals surface area contributed by atoms with E-state index in [0.717, 1.165) is 4.88 Å². The summed E-state index contributed by atoms with van der Waals surface area (Å²) in [7, 11) is -1.14. The first-order chi connectivity index (χ1) is 6.99. The Kier molecular flexibility index (Phi) is 4.76. The van der Waals surface area contributed by atoms with Crippen molar-refractivity contribution in [2.75, 3.05) is 5.75 Å². The van der Waals surface area contributed by atoms with E-state index in [1.54, 1.807) is 13.0 Å². The Balaban J connectivity index is 2.46. The Bertz CT molecular complexity index is 375. The lowest BCUT2D eigenvalue weighted by Gasteiger charge is -2.04.